The summed E-state index contributed by atoms with van der Waals surface area (Å²) < 4.78 is 22.6. The first-order valence-electron chi connectivity index (χ1n) is 13.1. The van der Waals surface area contributed by atoms with Crippen LogP contribution >= 0.6 is 0 Å². The van der Waals surface area contributed by atoms with Gasteiger partial charge in [-0.2, -0.15) is 0 Å². The smallest absolute Gasteiger partial charge is 0.234 e. The molecule has 1 heterocycles. The fourth-order valence-corrected chi connectivity index (χ4v) is 5.99. The SMILES string of the molecule is COc1ccc(CC2c3c(OC)ccc(OC)c3CCN2CC(=O)NC2CCc3ccccc32)cc1OC. The molecule has 0 saturated heterocycles. The highest BCUT2D eigenvalue weighted by atomic mass is 16.5. The third-order valence-corrected chi connectivity index (χ3v) is 7.83. The minimum absolute atomic E-state index is 0.0364. The summed E-state index contributed by atoms with van der Waals surface area (Å²) in [5.41, 5.74) is 5.86. The molecule has 2 unspecified atom stereocenters. The van der Waals surface area contributed by atoms with Gasteiger partial charge in [0.25, 0.3) is 0 Å². The Kier molecular flexibility index (Phi) is 7.74. The summed E-state index contributed by atoms with van der Waals surface area (Å²) in [5.74, 6) is 3.07. The Bertz CT molecular complexity index is 1310. The lowest BCUT2D eigenvalue weighted by atomic mass is 9.87. The van der Waals surface area contributed by atoms with Crippen LogP contribution in [0.15, 0.2) is 54.6 Å². The molecule has 0 saturated carbocycles. The van der Waals surface area contributed by atoms with Gasteiger partial charge in [0.2, 0.25) is 5.91 Å². The van der Waals surface area contributed by atoms with Crippen LogP contribution in [0.2, 0.25) is 0 Å². The van der Waals surface area contributed by atoms with Crippen molar-refractivity contribution in [1.82, 2.24) is 10.2 Å². The van der Waals surface area contributed by atoms with E-state index >= 15 is 0 Å². The molecule has 0 aromatic heterocycles. The normalized spacial score (nSPS) is 18.3. The summed E-state index contributed by atoms with van der Waals surface area (Å²) in [5, 5.41) is 3.30. The van der Waals surface area contributed by atoms with Crippen molar-refractivity contribution in [3.05, 3.63) is 82.4 Å². The van der Waals surface area contributed by atoms with Crippen molar-refractivity contribution in [2.75, 3.05) is 41.5 Å². The van der Waals surface area contributed by atoms with Crippen LogP contribution < -0.4 is 24.3 Å². The Balaban J connectivity index is 1.44. The lowest BCUT2D eigenvalue weighted by Gasteiger charge is -2.38. The molecular weight excluding hydrogens is 480 g/mol. The number of benzene rings is 3. The van der Waals surface area contributed by atoms with Gasteiger partial charge >= 0.3 is 0 Å². The Labute approximate surface area is 224 Å². The van der Waals surface area contributed by atoms with Gasteiger partial charge in [0.1, 0.15) is 11.5 Å². The molecule has 1 amide bonds. The number of hydrogen-bond donors (Lipinski definition) is 1. The number of hydrogen-bond acceptors (Lipinski definition) is 6. The molecule has 3 aromatic rings. The number of ether oxygens (including phenoxy) is 4. The van der Waals surface area contributed by atoms with E-state index in [-0.39, 0.29) is 18.0 Å². The zero-order chi connectivity index (χ0) is 26.6. The standard InChI is InChI=1S/C31H36N2O5/c1-35-26-13-14-28(37-3)31-23(26)15-16-33(25(31)17-20-9-12-27(36-2)29(18-20)38-4)19-30(34)32-24-11-10-21-7-5-6-8-22(21)24/h5-9,12-14,18,24-25H,10-11,15-17,19H2,1-4H3,(H,32,34). The number of aryl methyl sites for hydroxylation is 1. The van der Waals surface area contributed by atoms with Gasteiger partial charge in [-0.05, 0) is 66.6 Å². The topological polar surface area (TPSA) is 69.3 Å². The number of fused-ring (bicyclic) bond motifs is 2. The maximum absolute atomic E-state index is 13.4. The third-order valence-electron chi connectivity index (χ3n) is 7.83. The van der Waals surface area contributed by atoms with Crippen molar-refractivity contribution in [2.45, 2.75) is 37.8 Å². The second-order valence-corrected chi connectivity index (χ2v) is 9.85. The van der Waals surface area contributed by atoms with Gasteiger partial charge in [0.15, 0.2) is 11.5 Å². The van der Waals surface area contributed by atoms with E-state index in [0.717, 1.165) is 54.0 Å². The number of carbonyl (C=O) groups is 1. The monoisotopic (exact) mass is 516 g/mol. The van der Waals surface area contributed by atoms with E-state index in [1.54, 1.807) is 28.4 Å². The molecule has 1 N–H and O–H groups in total. The molecule has 0 bridgehead atoms. The minimum Gasteiger partial charge on any atom is -0.496 e. The highest BCUT2D eigenvalue weighted by molar-refractivity contribution is 5.79. The highest BCUT2D eigenvalue weighted by Crippen LogP contribution is 2.43. The lowest BCUT2D eigenvalue weighted by Crippen LogP contribution is -2.44. The maximum atomic E-state index is 13.4. The van der Waals surface area contributed by atoms with Crippen molar-refractivity contribution < 1.29 is 23.7 Å². The van der Waals surface area contributed by atoms with Crippen LogP contribution in [-0.2, 0) is 24.1 Å². The van der Waals surface area contributed by atoms with Gasteiger partial charge in [-0.3, -0.25) is 9.69 Å². The predicted molar refractivity (Wildman–Crippen MR) is 146 cm³/mol. The molecule has 2 atom stereocenters. The van der Waals surface area contributed by atoms with Gasteiger partial charge in [0.05, 0.1) is 41.0 Å². The van der Waals surface area contributed by atoms with Crippen LogP contribution in [0.25, 0.3) is 0 Å². The average molecular weight is 517 g/mol. The average Bonchev–Trinajstić information content (AvgIpc) is 3.35. The molecule has 0 fully saturated rings. The van der Waals surface area contributed by atoms with E-state index in [2.05, 4.69) is 34.5 Å². The Morgan fingerprint density at radius 2 is 1.58 bits per heavy atom. The number of nitrogens with zero attached hydrogens (tertiary/aromatic N) is 1. The van der Waals surface area contributed by atoms with E-state index in [1.165, 1.54) is 11.1 Å². The number of carbonyl (C=O) groups excluding carboxylic acids is 1. The zero-order valence-corrected chi connectivity index (χ0v) is 22.6. The van der Waals surface area contributed by atoms with Crippen LogP contribution in [0, 0.1) is 0 Å². The summed E-state index contributed by atoms with van der Waals surface area (Å²) >= 11 is 0. The van der Waals surface area contributed by atoms with Gasteiger partial charge in [-0.1, -0.05) is 30.3 Å². The van der Waals surface area contributed by atoms with E-state index in [1.807, 2.05) is 30.3 Å². The maximum Gasteiger partial charge on any atom is 0.234 e. The molecule has 0 spiro atoms. The van der Waals surface area contributed by atoms with Crippen LogP contribution in [-0.4, -0.2) is 52.3 Å². The third kappa shape index (κ3) is 5.03. The summed E-state index contributed by atoms with van der Waals surface area (Å²) in [7, 11) is 6.67. The lowest BCUT2D eigenvalue weighted by molar-refractivity contribution is -0.123. The minimum atomic E-state index is -0.0801. The van der Waals surface area contributed by atoms with E-state index in [9.17, 15) is 4.79 Å². The fraction of sp³-hybridized carbons (Fsp3) is 0.387. The fourth-order valence-electron chi connectivity index (χ4n) is 5.99. The van der Waals surface area contributed by atoms with Gasteiger partial charge in [-0.25, -0.2) is 0 Å². The van der Waals surface area contributed by atoms with E-state index < -0.39 is 0 Å². The molecule has 200 valence electrons. The van der Waals surface area contributed by atoms with Crippen molar-refractivity contribution in [2.24, 2.45) is 0 Å². The molecule has 1 aliphatic heterocycles. The Morgan fingerprint density at radius 1 is 0.868 bits per heavy atom. The van der Waals surface area contributed by atoms with E-state index in [4.69, 9.17) is 18.9 Å². The van der Waals surface area contributed by atoms with Gasteiger partial charge < -0.3 is 24.3 Å². The molecule has 1 aliphatic carbocycles. The summed E-state index contributed by atoms with van der Waals surface area (Å²) in [4.78, 5) is 15.7. The Hall–Kier alpha value is -3.71. The van der Waals surface area contributed by atoms with Crippen LogP contribution in [0.5, 0.6) is 23.0 Å². The summed E-state index contributed by atoms with van der Waals surface area (Å²) in [6, 6.07) is 18.3. The number of amides is 1. The number of methoxy groups -OCH3 is 4. The van der Waals surface area contributed by atoms with Crippen molar-refractivity contribution in [3.8, 4) is 23.0 Å². The first kappa shape index (κ1) is 25.9. The largest absolute Gasteiger partial charge is 0.496 e. The van der Waals surface area contributed by atoms with Crippen molar-refractivity contribution in [1.29, 1.82) is 0 Å². The second kappa shape index (κ2) is 11.4. The molecule has 38 heavy (non-hydrogen) atoms. The molecular formula is C31H36N2O5. The summed E-state index contributed by atoms with van der Waals surface area (Å²) in [6.45, 7) is 1.04. The van der Waals surface area contributed by atoms with Gasteiger partial charge in [-0.15, -0.1) is 0 Å². The van der Waals surface area contributed by atoms with Crippen LogP contribution in [0.4, 0.5) is 0 Å². The van der Waals surface area contributed by atoms with Gasteiger partial charge in [0, 0.05) is 23.7 Å². The second-order valence-electron chi connectivity index (χ2n) is 9.85. The van der Waals surface area contributed by atoms with E-state index in [0.29, 0.717) is 24.5 Å². The van der Waals surface area contributed by atoms with Crippen LogP contribution in [0.3, 0.4) is 0 Å². The number of rotatable bonds is 9. The first-order valence-corrected chi connectivity index (χ1v) is 13.1. The van der Waals surface area contributed by atoms with Crippen LogP contribution in [0.1, 0.15) is 46.3 Å². The van der Waals surface area contributed by atoms with Crippen molar-refractivity contribution in [3.63, 3.8) is 0 Å². The number of nitrogens with one attached hydrogen (secondary N) is 1. The molecule has 7 nitrogen and oxygen atoms in total. The van der Waals surface area contributed by atoms with Crippen molar-refractivity contribution >= 4 is 5.91 Å². The molecule has 3 aromatic carbocycles. The predicted octanol–water partition coefficient (Wildman–Crippen LogP) is 4.67. The zero-order valence-electron chi connectivity index (χ0n) is 22.6. The quantitative estimate of drug-likeness (QED) is 0.446. The summed E-state index contributed by atoms with van der Waals surface area (Å²) in [6.07, 6.45) is 3.39. The molecule has 0 radical (unpaired) electrons. The molecule has 7 heteroatoms. The Morgan fingerprint density at radius 3 is 2.34 bits per heavy atom. The molecule has 5 rings (SSSR count). The molecule has 2 aliphatic rings. The highest BCUT2D eigenvalue weighted by Gasteiger charge is 2.34. The first-order chi connectivity index (χ1) is 18.6.